The van der Waals surface area contributed by atoms with Crippen molar-refractivity contribution in [1.82, 2.24) is 9.97 Å². The van der Waals surface area contributed by atoms with Crippen LogP contribution >= 0.6 is 0 Å². The van der Waals surface area contributed by atoms with Gasteiger partial charge in [-0.2, -0.15) is 0 Å². The number of hydrogen-bond donors (Lipinski definition) is 1. The predicted molar refractivity (Wildman–Crippen MR) is 41.9 cm³/mol. The van der Waals surface area contributed by atoms with E-state index in [1.165, 1.54) is 0 Å². The van der Waals surface area contributed by atoms with Gasteiger partial charge in [0.15, 0.2) is 0 Å². The molecule has 1 aromatic heterocycles. The van der Waals surface area contributed by atoms with E-state index in [2.05, 4.69) is 9.97 Å². The smallest absolute Gasteiger partial charge is 0.115 e. The first-order chi connectivity index (χ1) is 5.22. The third kappa shape index (κ3) is 1.01. The van der Waals surface area contributed by atoms with Crippen molar-refractivity contribution in [1.29, 1.82) is 0 Å². The molecule has 1 aliphatic carbocycles. The van der Waals surface area contributed by atoms with Gasteiger partial charge in [-0.25, -0.2) is 9.97 Å². The molecule has 2 rings (SSSR count). The fraction of sp³-hybridized carbons (Fsp3) is 0.500. The number of nitrogens with two attached hydrogens (primary N) is 1. The minimum absolute atomic E-state index is 0.118. The summed E-state index contributed by atoms with van der Waals surface area (Å²) >= 11 is 0. The lowest BCUT2D eigenvalue weighted by atomic mass is 10.1. The predicted octanol–water partition coefficient (Wildman–Crippen LogP) is 0.733. The summed E-state index contributed by atoms with van der Waals surface area (Å²) in [7, 11) is 0. The Morgan fingerprint density at radius 1 is 1.55 bits per heavy atom. The Balaban J connectivity index is 2.45. The molecule has 0 radical (unpaired) electrons. The highest BCUT2D eigenvalue weighted by atomic mass is 14.9. The van der Waals surface area contributed by atoms with Crippen LogP contribution in [0.1, 0.15) is 24.1 Å². The highest BCUT2D eigenvalue weighted by Crippen LogP contribution is 2.42. The molecule has 58 valence electrons. The molecule has 2 N–H and O–H groups in total. The van der Waals surface area contributed by atoms with Crippen LogP contribution in [0.3, 0.4) is 0 Å². The summed E-state index contributed by atoms with van der Waals surface area (Å²) in [4.78, 5) is 8.10. The van der Waals surface area contributed by atoms with Gasteiger partial charge in [-0.15, -0.1) is 0 Å². The molecule has 0 unspecified atom stereocenters. The zero-order valence-corrected chi connectivity index (χ0v) is 6.54. The van der Waals surface area contributed by atoms with Crippen LogP contribution in [0.2, 0.25) is 0 Å². The van der Waals surface area contributed by atoms with Crippen LogP contribution < -0.4 is 5.73 Å². The van der Waals surface area contributed by atoms with Gasteiger partial charge >= 0.3 is 0 Å². The number of rotatable bonds is 1. The lowest BCUT2D eigenvalue weighted by Crippen LogP contribution is -2.21. The molecule has 3 heteroatoms. The largest absolute Gasteiger partial charge is 0.320 e. The minimum Gasteiger partial charge on any atom is -0.320 e. The average Bonchev–Trinajstić information content (AvgIpc) is 2.70. The summed E-state index contributed by atoms with van der Waals surface area (Å²) in [6.45, 7) is 2.00. The fourth-order valence-corrected chi connectivity index (χ4v) is 1.29. The molecule has 0 aromatic carbocycles. The Kier molecular flexibility index (Phi) is 1.23. The molecule has 0 saturated heterocycles. The molecule has 1 fully saturated rings. The van der Waals surface area contributed by atoms with Gasteiger partial charge in [0.2, 0.25) is 0 Å². The molecule has 0 amide bonds. The molecule has 0 aliphatic heterocycles. The van der Waals surface area contributed by atoms with Gasteiger partial charge in [0.1, 0.15) is 6.33 Å². The first-order valence-electron chi connectivity index (χ1n) is 3.78. The summed E-state index contributed by atoms with van der Waals surface area (Å²) < 4.78 is 0. The molecule has 3 nitrogen and oxygen atoms in total. The van der Waals surface area contributed by atoms with E-state index in [0.29, 0.717) is 0 Å². The van der Waals surface area contributed by atoms with Crippen molar-refractivity contribution in [3.8, 4) is 0 Å². The number of aromatic nitrogens is 2. The van der Waals surface area contributed by atoms with Crippen molar-refractivity contribution < 1.29 is 0 Å². The van der Waals surface area contributed by atoms with E-state index >= 15 is 0 Å². The molecule has 11 heavy (non-hydrogen) atoms. The summed E-state index contributed by atoms with van der Waals surface area (Å²) in [6.07, 6.45) is 5.50. The van der Waals surface area contributed by atoms with Gasteiger partial charge in [0.25, 0.3) is 0 Å². The van der Waals surface area contributed by atoms with Crippen LogP contribution in [0.25, 0.3) is 0 Å². The monoisotopic (exact) mass is 149 g/mol. The number of hydrogen-bond acceptors (Lipinski definition) is 3. The first-order valence-corrected chi connectivity index (χ1v) is 3.78. The van der Waals surface area contributed by atoms with Gasteiger partial charge in [-0.05, 0) is 25.3 Å². The van der Waals surface area contributed by atoms with Crippen LogP contribution in [0.5, 0.6) is 0 Å². The Labute approximate surface area is 65.7 Å². The van der Waals surface area contributed by atoms with Gasteiger partial charge in [0.05, 0.1) is 11.2 Å². The molecule has 1 aliphatic rings. The van der Waals surface area contributed by atoms with E-state index in [-0.39, 0.29) is 5.54 Å². The first kappa shape index (κ1) is 6.73. The zero-order chi connectivity index (χ0) is 7.90. The Hall–Kier alpha value is -0.960. The van der Waals surface area contributed by atoms with Gasteiger partial charge in [-0.3, -0.25) is 0 Å². The average molecular weight is 149 g/mol. The fourth-order valence-electron chi connectivity index (χ4n) is 1.29. The second-order valence-electron chi connectivity index (χ2n) is 3.21. The summed E-state index contributed by atoms with van der Waals surface area (Å²) in [5.74, 6) is 0. The van der Waals surface area contributed by atoms with E-state index in [1.807, 2.05) is 13.1 Å². The van der Waals surface area contributed by atoms with Crippen molar-refractivity contribution in [2.45, 2.75) is 25.3 Å². The van der Waals surface area contributed by atoms with E-state index in [0.717, 1.165) is 24.1 Å². The van der Waals surface area contributed by atoms with E-state index in [9.17, 15) is 0 Å². The maximum absolute atomic E-state index is 5.98. The molecule has 1 heterocycles. The summed E-state index contributed by atoms with van der Waals surface area (Å²) in [6, 6.07) is 0. The molecule has 0 bridgehead atoms. The zero-order valence-electron chi connectivity index (χ0n) is 6.54. The lowest BCUT2D eigenvalue weighted by molar-refractivity contribution is 0.695. The standard InChI is InChI=1S/C8H11N3/c1-6-4-10-5-11-7(6)8(9)2-3-8/h4-5H,2-3,9H2,1H3. The maximum atomic E-state index is 5.98. The van der Waals surface area contributed by atoms with Gasteiger partial charge in [0, 0.05) is 6.20 Å². The van der Waals surface area contributed by atoms with Crippen LogP contribution in [-0.4, -0.2) is 9.97 Å². The third-order valence-electron chi connectivity index (χ3n) is 2.16. The quantitative estimate of drug-likeness (QED) is 0.640. The van der Waals surface area contributed by atoms with Crippen LogP contribution in [0, 0.1) is 6.92 Å². The minimum atomic E-state index is -0.118. The van der Waals surface area contributed by atoms with Crippen LogP contribution in [-0.2, 0) is 5.54 Å². The van der Waals surface area contributed by atoms with E-state index < -0.39 is 0 Å². The normalized spacial score (nSPS) is 19.8. The Bertz CT molecular complexity index is 278. The molecule has 1 aromatic rings. The SMILES string of the molecule is Cc1cncnc1C1(N)CC1. The Morgan fingerprint density at radius 3 is 2.82 bits per heavy atom. The van der Waals surface area contributed by atoms with Gasteiger partial charge < -0.3 is 5.73 Å². The second-order valence-corrected chi connectivity index (χ2v) is 3.21. The van der Waals surface area contributed by atoms with Gasteiger partial charge in [-0.1, -0.05) is 0 Å². The lowest BCUT2D eigenvalue weighted by Gasteiger charge is -2.09. The molecular weight excluding hydrogens is 138 g/mol. The number of aryl methyl sites for hydroxylation is 1. The number of nitrogens with zero attached hydrogens (tertiary/aromatic N) is 2. The van der Waals surface area contributed by atoms with Crippen molar-refractivity contribution in [2.24, 2.45) is 5.73 Å². The molecular formula is C8H11N3. The Morgan fingerprint density at radius 2 is 2.27 bits per heavy atom. The molecule has 0 spiro atoms. The van der Waals surface area contributed by atoms with Crippen LogP contribution in [0.4, 0.5) is 0 Å². The maximum Gasteiger partial charge on any atom is 0.115 e. The van der Waals surface area contributed by atoms with Crippen molar-refractivity contribution >= 4 is 0 Å². The summed E-state index contributed by atoms with van der Waals surface area (Å²) in [5, 5.41) is 0. The van der Waals surface area contributed by atoms with E-state index in [4.69, 9.17) is 5.73 Å². The second kappa shape index (κ2) is 2.01. The highest BCUT2D eigenvalue weighted by Gasteiger charge is 2.42. The summed E-state index contributed by atoms with van der Waals surface area (Å²) in [5.41, 5.74) is 7.99. The molecule has 1 saturated carbocycles. The van der Waals surface area contributed by atoms with E-state index in [1.54, 1.807) is 6.33 Å². The van der Waals surface area contributed by atoms with Crippen molar-refractivity contribution in [2.75, 3.05) is 0 Å². The topological polar surface area (TPSA) is 51.8 Å². The van der Waals surface area contributed by atoms with Crippen molar-refractivity contribution in [3.05, 3.63) is 23.8 Å². The highest BCUT2D eigenvalue weighted by molar-refractivity contribution is 5.27. The van der Waals surface area contributed by atoms with Crippen molar-refractivity contribution in [3.63, 3.8) is 0 Å². The molecule has 0 atom stereocenters. The third-order valence-corrected chi connectivity index (χ3v) is 2.16. The van der Waals surface area contributed by atoms with Crippen LogP contribution in [0.15, 0.2) is 12.5 Å².